The SMILES string of the molecule is Nc1cc(Cl)c(C(F)(F)F)c(-c2ncc3c(N4C[C@H]5CC[C@@H](C4)N5)nc(OCC4(CN5CC=CC5)CC4)nc3c2F)c1. The van der Waals surface area contributed by atoms with Crippen molar-refractivity contribution in [2.45, 2.75) is 43.9 Å². The Morgan fingerprint density at radius 1 is 1.10 bits per heavy atom. The molecule has 7 rings (SSSR count). The Morgan fingerprint density at radius 2 is 1.81 bits per heavy atom. The molecule has 8 nitrogen and oxygen atoms in total. The van der Waals surface area contributed by atoms with Crippen LogP contribution < -0.4 is 20.7 Å². The molecule has 1 aliphatic carbocycles. The summed E-state index contributed by atoms with van der Waals surface area (Å²) in [6.07, 6.45) is 4.80. The molecule has 1 saturated carbocycles. The van der Waals surface area contributed by atoms with Crippen LogP contribution in [0.5, 0.6) is 6.01 Å². The molecule has 3 aliphatic heterocycles. The molecule has 2 bridgehead atoms. The van der Waals surface area contributed by atoms with Gasteiger partial charge in [0.1, 0.15) is 17.0 Å². The quantitative estimate of drug-likeness (QED) is 0.220. The molecule has 42 heavy (non-hydrogen) atoms. The minimum absolute atomic E-state index is 0.00750. The van der Waals surface area contributed by atoms with Crippen LogP contribution in [0, 0.1) is 11.2 Å². The van der Waals surface area contributed by atoms with Crippen LogP contribution in [0.4, 0.5) is 29.1 Å². The number of benzene rings is 1. The maximum atomic E-state index is 16.3. The molecular formula is C29H30ClF4N7O. The Balaban J connectivity index is 1.30. The molecule has 2 saturated heterocycles. The highest BCUT2D eigenvalue weighted by Crippen LogP contribution is 2.47. The molecule has 2 aromatic heterocycles. The fourth-order valence-corrected chi connectivity index (χ4v) is 6.79. The van der Waals surface area contributed by atoms with Crippen LogP contribution in [0.25, 0.3) is 22.2 Å². The van der Waals surface area contributed by atoms with E-state index in [4.69, 9.17) is 27.1 Å². The molecule has 0 unspecified atom stereocenters. The molecule has 0 amide bonds. The van der Waals surface area contributed by atoms with Crippen molar-refractivity contribution in [3.63, 3.8) is 0 Å². The first-order valence-corrected chi connectivity index (χ1v) is 14.5. The second kappa shape index (κ2) is 10.2. The van der Waals surface area contributed by atoms with E-state index in [0.29, 0.717) is 30.9 Å². The van der Waals surface area contributed by atoms with Gasteiger partial charge >= 0.3 is 12.2 Å². The van der Waals surface area contributed by atoms with Crippen molar-refractivity contribution in [3.8, 4) is 17.3 Å². The Hall–Kier alpha value is -3.22. The third kappa shape index (κ3) is 5.13. The smallest absolute Gasteiger partial charge is 0.418 e. The van der Waals surface area contributed by atoms with Gasteiger partial charge in [0.2, 0.25) is 0 Å². The number of aromatic nitrogens is 3. The average molecular weight is 604 g/mol. The number of nitrogens with zero attached hydrogens (tertiary/aromatic N) is 5. The summed E-state index contributed by atoms with van der Waals surface area (Å²) in [7, 11) is 0. The van der Waals surface area contributed by atoms with Gasteiger partial charge in [-0.25, -0.2) is 4.39 Å². The second-order valence-electron chi connectivity index (χ2n) is 11.9. The summed E-state index contributed by atoms with van der Waals surface area (Å²) in [5, 5.41) is 3.24. The van der Waals surface area contributed by atoms with Gasteiger partial charge in [-0.1, -0.05) is 23.8 Å². The van der Waals surface area contributed by atoms with E-state index in [-0.39, 0.29) is 34.7 Å². The van der Waals surface area contributed by atoms with Gasteiger partial charge in [0.05, 0.1) is 22.6 Å². The normalized spacial score (nSPS) is 23.2. The van der Waals surface area contributed by atoms with Crippen molar-refractivity contribution in [2.24, 2.45) is 5.41 Å². The molecule has 13 heteroatoms. The van der Waals surface area contributed by atoms with Gasteiger partial charge < -0.3 is 20.7 Å². The molecule has 0 spiro atoms. The van der Waals surface area contributed by atoms with E-state index >= 15 is 4.39 Å². The maximum absolute atomic E-state index is 16.3. The largest absolute Gasteiger partial charge is 0.463 e. The van der Waals surface area contributed by atoms with E-state index in [2.05, 4.69) is 37.2 Å². The fraction of sp³-hybridized carbons (Fsp3) is 0.483. The van der Waals surface area contributed by atoms with E-state index in [1.54, 1.807) is 0 Å². The summed E-state index contributed by atoms with van der Waals surface area (Å²) in [6, 6.07) is 2.55. The minimum Gasteiger partial charge on any atom is -0.463 e. The molecule has 5 heterocycles. The first kappa shape index (κ1) is 27.6. The van der Waals surface area contributed by atoms with Gasteiger partial charge in [-0.2, -0.15) is 23.1 Å². The first-order chi connectivity index (χ1) is 20.1. The van der Waals surface area contributed by atoms with E-state index in [0.717, 1.165) is 57.5 Å². The number of anilines is 2. The van der Waals surface area contributed by atoms with Crippen LogP contribution in [-0.2, 0) is 6.18 Å². The van der Waals surface area contributed by atoms with Gasteiger partial charge in [-0.3, -0.25) is 9.88 Å². The number of nitrogens with one attached hydrogen (secondary N) is 1. The molecule has 2 atom stereocenters. The molecule has 0 radical (unpaired) electrons. The van der Waals surface area contributed by atoms with Crippen molar-refractivity contribution < 1.29 is 22.3 Å². The number of pyridine rings is 1. The highest BCUT2D eigenvalue weighted by atomic mass is 35.5. The number of ether oxygens (including phenoxy) is 1. The molecule has 3 fully saturated rings. The van der Waals surface area contributed by atoms with Crippen molar-refractivity contribution in [1.29, 1.82) is 0 Å². The third-order valence-electron chi connectivity index (χ3n) is 8.73. The molecule has 222 valence electrons. The maximum Gasteiger partial charge on any atom is 0.418 e. The summed E-state index contributed by atoms with van der Waals surface area (Å²) in [5.41, 5.74) is 3.29. The van der Waals surface area contributed by atoms with Crippen LogP contribution >= 0.6 is 11.6 Å². The number of nitrogen functional groups attached to an aromatic ring is 1. The highest BCUT2D eigenvalue weighted by molar-refractivity contribution is 6.32. The number of piperazine rings is 1. The Morgan fingerprint density at radius 3 is 2.48 bits per heavy atom. The van der Waals surface area contributed by atoms with Gasteiger partial charge in [0.25, 0.3) is 0 Å². The summed E-state index contributed by atoms with van der Waals surface area (Å²) in [4.78, 5) is 17.7. The van der Waals surface area contributed by atoms with Gasteiger partial charge in [0, 0.05) is 67.7 Å². The number of halogens is 5. The van der Waals surface area contributed by atoms with Gasteiger partial charge in [0.15, 0.2) is 5.82 Å². The summed E-state index contributed by atoms with van der Waals surface area (Å²) < 4.78 is 64.6. The zero-order valence-electron chi connectivity index (χ0n) is 22.7. The predicted octanol–water partition coefficient (Wildman–Crippen LogP) is 5.06. The van der Waals surface area contributed by atoms with Gasteiger partial charge in [-0.05, 0) is 37.8 Å². The number of fused-ring (bicyclic) bond motifs is 3. The number of rotatable bonds is 7. The Bertz CT molecular complexity index is 1560. The number of hydrogen-bond donors (Lipinski definition) is 2. The lowest BCUT2D eigenvalue weighted by Gasteiger charge is -2.34. The monoisotopic (exact) mass is 603 g/mol. The average Bonchev–Trinajstić information content (AvgIpc) is 3.33. The lowest BCUT2D eigenvalue weighted by Crippen LogP contribution is -2.51. The zero-order valence-corrected chi connectivity index (χ0v) is 23.5. The third-order valence-corrected chi connectivity index (χ3v) is 9.03. The molecule has 3 N–H and O–H groups in total. The lowest BCUT2D eigenvalue weighted by molar-refractivity contribution is -0.137. The van der Waals surface area contributed by atoms with E-state index < -0.39 is 33.8 Å². The van der Waals surface area contributed by atoms with Crippen LogP contribution in [0.2, 0.25) is 5.02 Å². The Labute approximate surface area is 244 Å². The highest BCUT2D eigenvalue weighted by Gasteiger charge is 2.45. The van der Waals surface area contributed by atoms with Crippen LogP contribution in [-0.4, -0.2) is 71.3 Å². The predicted molar refractivity (Wildman–Crippen MR) is 152 cm³/mol. The minimum atomic E-state index is -4.86. The van der Waals surface area contributed by atoms with Crippen molar-refractivity contribution in [1.82, 2.24) is 25.2 Å². The first-order valence-electron chi connectivity index (χ1n) is 14.1. The summed E-state index contributed by atoms with van der Waals surface area (Å²) >= 11 is 5.96. The molecular weight excluding hydrogens is 574 g/mol. The van der Waals surface area contributed by atoms with Crippen molar-refractivity contribution in [2.75, 3.05) is 50.0 Å². The molecule has 3 aromatic rings. The molecule has 4 aliphatic rings. The van der Waals surface area contributed by atoms with Crippen molar-refractivity contribution >= 4 is 34.0 Å². The van der Waals surface area contributed by atoms with Crippen molar-refractivity contribution in [3.05, 3.63) is 46.9 Å². The van der Waals surface area contributed by atoms with Crippen LogP contribution in [0.3, 0.4) is 0 Å². The molecule has 1 aromatic carbocycles. The summed E-state index contributed by atoms with van der Waals surface area (Å²) in [5.74, 6) is -0.558. The zero-order chi connectivity index (χ0) is 29.2. The summed E-state index contributed by atoms with van der Waals surface area (Å²) in [6.45, 7) is 4.35. The number of hydrogen-bond acceptors (Lipinski definition) is 8. The number of alkyl halides is 3. The van der Waals surface area contributed by atoms with Gasteiger partial charge in [-0.15, -0.1) is 0 Å². The van der Waals surface area contributed by atoms with Crippen LogP contribution in [0.15, 0.2) is 30.5 Å². The van der Waals surface area contributed by atoms with E-state index in [9.17, 15) is 13.2 Å². The Kier molecular flexibility index (Phi) is 6.70. The topological polar surface area (TPSA) is 92.4 Å². The fourth-order valence-electron chi connectivity index (χ4n) is 6.46. The van der Waals surface area contributed by atoms with Crippen LogP contribution in [0.1, 0.15) is 31.2 Å². The lowest BCUT2D eigenvalue weighted by atomic mass is 10.0. The standard InChI is InChI=1S/C29H30ClF4N7O/c30-21-10-16(35)9-19(22(21)29(32,33)34)24-23(31)25-20(11-36-24)26(41-12-17-3-4-18(13-41)37-17)39-27(38-25)42-15-28(5-6-28)14-40-7-1-2-8-40/h1-2,9-11,17-18,37H,3-8,12-15,35H2/t17-,18+. The number of nitrogens with two attached hydrogens (primary N) is 1. The van der Waals surface area contributed by atoms with E-state index in [1.807, 2.05) is 0 Å². The second-order valence-corrected chi connectivity index (χ2v) is 12.3. The van der Waals surface area contributed by atoms with E-state index in [1.165, 1.54) is 6.20 Å².